The molecule has 4 nitrogen and oxygen atoms in total. The average molecular weight is 266 g/mol. The fourth-order valence-electron chi connectivity index (χ4n) is 1.96. The maximum atomic E-state index is 11.1. The normalized spacial score (nSPS) is 18.4. The molecule has 0 spiro atoms. The molecule has 0 aliphatic carbocycles. The van der Waals surface area contributed by atoms with E-state index in [0.717, 1.165) is 11.4 Å². The van der Waals surface area contributed by atoms with Crippen molar-refractivity contribution in [2.45, 2.75) is 19.4 Å². The molecule has 0 radical (unpaired) electrons. The van der Waals surface area contributed by atoms with Crippen LogP contribution in [0.4, 0.5) is 11.4 Å². The van der Waals surface area contributed by atoms with E-state index in [9.17, 15) is 4.79 Å². The third-order valence-electron chi connectivity index (χ3n) is 2.81. The van der Waals surface area contributed by atoms with Gasteiger partial charge in [0.2, 0.25) is 5.91 Å². The highest BCUT2D eigenvalue weighted by molar-refractivity contribution is 7.99. The topological polar surface area (TPSA) is 50.4 Å². The number of rotatable bonds is 4. The van der Waals surface area contributed by atoms with Crippen molar-refractivity contribution in [3.05, 3.63) is 18.2 Å². The first-order valence-corrected chi connectivity index (χ1v) is 7.14. The van der Waals surface area contributed by atoms with Crippen molar-refractivity contribution in [3.63, 3.8) is 0 Å². The molecular formula is C13H18N2O2S. The van der Waals surface area contributed by atoms with E-state index in [-0.39, 0.29) is 5.91 Å². The van der Waals surface area contributed by atoms with Gasteiger partial charge in [-0.05, 0) is 24.3 Å². The summed E-state index contributed by atoms with van der Waals surface area (Å²) in [7, 11) is 1.61. The van der Waals surface area contributed by atoms with Gasteiger partial charge in [0, 0.05) is 30.5 Å². The highest BCUT2D eigenvalue weighted by Gasteiger charge is 2.15. The van der Waals surface area contributed by atoms with Crippen molar-refractivity contribution in [1.82, 2.24) is 0 Å². The fourth-order valence-corrected chi connectivity index (χ4v) is 3.11. The number of carbonyl (C=O) groups excluding carboxylic acids is 1. The molecule has 1 aromatic rings. The van der Waals surface area contributed by atoms with E-state index in [1.54, 1.807) is 7.11 Å². The van der Waals surface area contributed by atoms with Crippen LogP contribution in [-0.4, -0.2) is 30.6 Å². The summed E-state index contributed by atoms with van der Waals surface area (Å²) in [6.07, 6.45) is 1.19. The molecule has 1 unspecified atom stereocenters. The quantitative estimate of drug-likeness (QED) is 0.879. The molecule has 1 saturated heterocycles. The summed E-state index contributed by atoms with van der Waals surface area (Å²) in [5, 5.41) is 6.23. The van der Waals surface area contributed by atoms with Gasteiger partial charge in [0.05, 0.1) is 12.8 Å². The van der Waals surface area contributed by atoms with E-state index >= 15 is 0 Å². The Bertz CT molecular complexity index is 431. The largest absolute Gasteiger partial charge is 0.494 e. The van der Waals surface area contributed by atoms with E-state index in [0.29, 0.717) is 17.5 Å². The van der Waals surface area contributed by atoms with Gasteiger partial charge in [-0.3, -0.25) is 4.79 Å². The van der Waals surface area contributed by atoms with Crippen LogP contribution in [0.3, 0.4) is 0 Å². The molecule has 1 atom stereocenters. The van der Waals surface area contributed by atoms with Crippen molar-refractivity contribution in [2.75, 3.05) is 29.2 Å². The van der Waals surface area contributed by atoms with Gasteiger partial charge in [-0.25, -0.2) is 0 Å². The number of thioether (sulfide) groups is 1. The van der Waals surface area contributed by atoms with Crippen molar-refractivity contribution in [2.24, 2.45) is 0 Å². The third-order valence-corrected chi connectivity index (χ3v) is 3.98. The molecule has 98 valence electrons. The molecule has 0 bridgehead atoms. The van der Waals surface area contributed by atoms with Gasteiger partial charge in [0.1, 0.15) is 5.75 Å². The Morgan fingerprint density at radius 3 is 2.94 bits per heavy atom. The van der Waals surface area contributed by atoms with Crippen LogP contribution in [0.5, 0.6) is 5.75 Å². The van der Waals surface area contributed by atoms with Gasteiger partial charge in [0.25, 0.3) is 0 Å². The Kier molecular flexibility index (Phi) is 4.36. The molecule has 1 aliphatic heterocycles. The molecular weight excluding hydrogens is 248 g/mol. The predicted octanol–water partition coefficient (Wildman–Crippen LogP) is 2.57. The number of hydrogen-bond acceptors (Lipinski definition) is 4. The first-order chi connectivity index (χ1) is 8.69. The number of anilines is 2. The summed E-state index contributed by atoms with van der Waals surface area (Å²) in [6.45, 7) is 1.49. The lowest BCUT2D eigenvalue weighted by molar-refractivity contribution is -0.114. The zero-order valence-corrected chi connectivity index (χ0v) is 11.5. The Balaban J connectivity index is 2.10. The third kappa shape index (κ3) is 3.32. The molecule has 5 heteroatoms. The maximum absolute atomic E-state index is 11.1. The standard InChI is InChI=1S/C13H18N2O2S/c1-9(16)14-12-4-3-10(7-13(12)17-2)15-11-5-6-18-8-11/h3-4,7,11,15H,5-6,8H2,1-2H3,(H,14,16). The number of hydrogen-bond donors (Lipinski definition) is 2. The van der Waals surface area contributed by atoms with Crippen LogP contribution in [0.15, 0.2) is 18.2 Å². The lowest BCUT2D eigenvalue weighted by Crippen LogP contribution is -2.18. The molecule has 2 rings (SSSR count). The minimum Gasteiger partial charge on any atom is -0.494 e. The zero-order valence-electron chi connectivity index (χ0n) is 10.7. The van der Waals surface area contributed by atoms with Crippen LogP contribution in [0.25, 0.3) is 0 Å². The van der Waals surface area contributed by atoms with Gasteiger partial charge >= 0.3 is 0 Å². The van der Waals surface area contributed by atoms with Gasteiger partial charge in [-0.1, -0.05) is 0 Å². The van der Waals surface area contributed by atoms with E-state index in [1.165, 1.54) is 19.1 Å². The minimum absolute atomic E-state index is 0.0961. The second-order valence-electron chi connectivity index (χ2n) is 4.30. The molecule has 1 heterocycles. The van der Waals surface area contributed by atoms with Crippen molar-refractivity contribution < 1.29 is 9.53 Å². The van der Waals surface area contributed by atoms with Crippen LogP contribution in [0.1, 0.15) is 13.3 Å². The summed E-state index contributed by atoms with van der Waals surface area (Å²) in [6, 6.07) is 6.29. The molecule has 0 aromatic heterocycles. The summed E-state index contributed by atoms with van der Waals surface area (Å²) >= 11 is 1.97. The van der Waals surface area contributed by atoms with Gasteiger partial charge in [-0.15, -0.1) is 0 Å². The molecule has 1 aliphatic rings. The highest BCUT2D eigenvalue weighted by atomic mass is 32.2. The SMILES string of the molecule is COc1cc(NC2CCSC2)ccc1NC(C)=O. The number of carbonyl (C=O) groups is 1. The molecule has 2 N–H and O–H groups in total. The maximum Gasteiger partial charge on any atom is 0.221 e. The number of methoxy groups -OCH3 is 1. The monoisotopic (exact) mass is 266 g/mol. The van der Waals surface area contributed by atoms with Crippen LogP contribution in [-0.2, 0) is 4.79 Å². The van der Waals surface area contributed by atoms with E-state index in [1.807, 2.05) is 30.0 Å². The number of ether oxygens (including phenoxy) is 1. The zero-order chi connectivity index (χ0) is 13.0. The summed E-state index contributed by atoms with van der Waals surface area (Å²) in [5.41, 5.74) is 1.74. The van der Waals surface area contributed by atoms with E-state index < -0.39 is 0 Å². The Hall–Kier alpha value is -1.36. The van der Waals surface area contributed by atoms with Crippen LogP contribution in [0, 0.1) is 0 Å². The van der Waals surface area contributed by atoms with E-state index in [2.05, 4.69) is 10.6 Å². The Morgan fingerprint density at radius 1 is 1.50 bits per heavy atom. The smallest absolute Gasteiger partial charge is 0.221 e. The van der Waals surface area contributed by atoms with Crippen molar-refractivity contribution >= 4 is 29.0 Å². The van der Waals surface area contributed by atoms with Crippen molar-refractivity contribution in [3.8, 4) is 5.75 Å². The average Bonchev–Trinajstić information content (AvgIpc) is 2.83. The molecule has 1 aromatic carbocycles. The highest BCUT2D eigenvalue weighted by Crippen LogP contribution is 2.29. The number of benzene rings is 1. The second-order valence-corrected chi connectivity index (χ2v) is 5.45. The second kappa shape index (κ2) is 6.00. The summed E-state index contributed by atoms with van der Waals surface area (Å²) < 4.78 is 5.29. The minimum atomic E-state index is -0.0961. The van der Waals surface area contributed by atoms with Crippen molar-refractivity contribution in [1.29, 1.82) is 0 Å². The summed E-state index contributed by atoms with van der Waals surface area (Å²) in [4.78, 5) is 11.1. The van der Waals surface area contributed by atoms with Crippen LogP contribution in [0.2, 0.25) is 0 Å². The lowest BCUT2D eigenvalue weighted by atomic mass is 10.2. The summed E-state index contributed by atoms with van der Waals surface area (Å²) in [5.74, 6) is 2.95. The first kappa shape index (κ1) is 13.1. The molecule has 1 amide bonds. The van der Waals surface area contributed by atoms with Crippen LogP contribution < -0.4 is 15.4 Å². The number of amides is 1. The van der Waals surface area contributed by atoms with Gasteiger partial charge in [-0.2, -0.15) is 11.8 Å². The lowest BCUT2D eigenvalue weighted by Gasteiger charge is -2.15. The number of nitrogens with one attached hydrogen (secondary N) is 2. The predicted molar refractivity (Wildman–Crippen MR) is 76.7 cm³/mol. The first-order valence-electron chi connectivity index (χ1n) is 5.99. The molecule has 1 fully saturated rings. The van der Waals surface area contributed by atoms with Gasteiger partial charge in [0.15, 0.2) is 0 Å². The fraction of sp³-hybridized carbons (Fsp3) is 0.462. The Morgan fingerprint density at radius 2 is 2.33 bits per heavy atom. The molecule has 0 saturated carbocycles. The van der Waals surface area contributed by atoms with Gasteiger partial charge < -0.3 is 15.4 Å². The van der Waals surface area contributed by atoms with E-state index in [4.69, 9.17) is 4.74 Å². The van der Waals surface area contributed by atoms with Crippen LogP contribution >= 0.6 is 11.8 Å². The molecule has 18 heavy (non-hydrogen) atoms. The Labute approximate surface area is 111 Å².